The number of hydrogen-bond acceptors (Lipinski definition) is 6. The van der Waals surface area contributed by atoms with Crippen molar-refractivity contribution in [3.8, 4) is 27.7 Å². The minimum atomic E-state index is -0.251. The van der Waals surface area contributed by atoms with Crippen LogP contribution < -0.4 is 19.9 Å². The van der Waals surface area contributed by atoms with Gasteiger partial charge in [-0.1, -0.05) is 29.3 Å². The molecule has 0 atom stereocenters. The summed E-state index contributed by atoms with van der Waals surface area (Å²) in [5.74, 6) is 0.947. The van der Waals surface area contributed by atoms with Gasteiger partial charge in [0, 0.05) is 10.4 Å². The molecule has 0 radical (unpaired) electrons. The normalized spacial score (nSPS) is 10.6. The van der Waals surface area contributed by atoms with Crippen molar-refractivity contribution < 1.29 is 19.0 Å². The van der Waals surface area contributed by atoms with Crippen LogP contribution in [0, 0.1) is 0 Å². The van der Waals surface area contributed by atoms with Gasteiger partial charge in [-0.2, -0.15) is 0 Å². The highest BCUT2D eigenvalue weighted by Crippen LogP contribution is 2.41. The predicted octanol–water partition coefficient (Wildman–Crippen LogP) is 5.56. The lowest BCUT2D eigenvalue weighted by Gasteiger charge is -2.13. The number of carbonyl (C=O) groups is 1. The Bertz CT molecular complexity index is 1020. The fourth-order valence-corrected chi connectivity index (χ4v) is 3.96. The van der Waals surface area contributed by atoms with Gasteiger partial charge in [-0.15, -0.1) is 11.3 Å². The molecule has 0 fully saturated rings. The molecule has 0 aliphatic heterocycles. The van der Waals surface area contributed by atoms with Gasteiger partial charge < -0.3 is 19.9 Å². The van der Waals surface area contributed by atoms with Gasteiger partial charge in [0.2, 0.25) is 5.75 Å². The van der Waals surface area contributed by atoms with Crippen LogP contribution in [0.5, 0.6) is 17.2 Å². The van der Waals surface area contributed by atoms with E-state index in [1.165, 1.54) is 32.7 Å². The minimum Gasteiger partial charge on any atom is -0.493 e. The first kappa shape index (κ1) is 20.3. The lowest BCUT2D eigenvalue weighted by atomic mass is 10.0. The van der Waals surface area contributed by atoms with Crippen LogP contribution in [0.25, 0.3) is 10.4 Å². The molecule has 0 spiro atoms. The van der Waals surface area contributed by atoms with Crippen LogP contribution in [0.4, 0.5) is 5.00 Å². The number of nitrogen functional groups attached to an aromatic ring is 1. The molecule has 2 N–H and O–H groups in total. The molecular formula is C20H17Cl2NO4S. The van der Waals surface area contributed by atoms with Crippen LogP contribution in [0.15, 0.2) is 36.4 Å². The van der Waals surface area contributed by atoms with Gasteiger partial charge in [-0.3, -0.25) is 4.79 Å². The van der Waals surface area contributed by atoms with Crippen molar-refractivity contribution in [3.63, 3.8) is 0 Å². The summed E-state index contributed by atoms with van der Waals surface area (Å²) in [5.41, 5.74) is 7.73. The smallest absolute Gasteiger partial charge is 0.203 e. The molecule has 0 bridgehead atoms. The summed E-state index contributed by atoms with van der Waals surface area (Å²) in [7, 11) is 4.49. The molecule has 0 aliphatic carbocycles. The maximum Gasteiger partial charge on any atom is 0.203 e. The Balaban J connectivity index is 2.04. The highest BCUT2D eigenvalue weighted by Gasteiger charge is 2.21. The van der Waals surface area contributed by atoms with E-state index in [4.69, 9.17) is 43.1 Å². The zero-order valence-electron chi connectivity index (χ0n) is 15.3. The van der Waals surface area contributed by atoms with Crippen LogP contribution in [0.2, 0.25) is 10.0 Å². The molecule has 0 amide bonds. The Morgan fingerprint density at radius 1 is 0.929 bits per heavy atom. The first-order chi connectivity index (χ1) is 13.4. The van der Waals surface area contributed by atoms with Crippen molar-refractivity contribution in [1.82, 2.24) is 0 Å². The number of methoxy groups -OCH3 is 3. The Hall–Kier alpha value is -2.41. The third kappa shape index (κ3) is 3.76. The molecule has 1 aromatic heterocycles. The molecule has 0 saturated carbocycles. The van der Waals surface area contributed by atoms with Gasteiger partial charge in [-0.05, 0) is 35.9 Å². The first-order valence-electron chi connectivity index (χ1n) is 8.09. The lowest BCUT2D eigenvalue weighted by molar-refractivity contribution is 0.103. The van der Waals surface area contributed by atoms with Crippen molar-refractivity contribution in [2.75, 3.05) is 27.1 Å². The SMILES string of the molecule is COc1cc(C(=O)c2cc(-c3ccc(Cl)c(Cl)c3)sc2N)cc(OC)c1OC. The molecule has 0 aliphatic rings. The summed E-state index contributed by atoms with van der Waals surface area (Å²) < 4.78 is 15.9. The van der Waals surface area contributed by atoms with E-state index in [1.54, 1.807) is 30.3 Å². The monoisotopic (exact) mass is 437 g/mol. The van der Waals surface area contributed by atoms with E-state index < -0.39 is 0 Å². The number of carbonyl (C=O) groups excluding carboxylic acids is 1. The standard InChI is InChI=1S/C20H17Cl2NO4S/c1-25-15-7-11(8-16(26-2)19(15)27-3)18(24)12-9-17(28-20(12)23)10-4-5-13(21)14(22)6-10/h4-9H,23H2,1-3H3. The van der Waals surface area contributed by atoms with Gasteiger partial charge in [0.25, 0.3) is 0 Å². The third-order valence-corrected chi connectivity index (χ3v) is 5.89. The van der Waals surface area contributed by atoms with Crippen molar-refractivity contribution >= 4 is 45.3 Å². The Morgan fingerprint density at radius 2 is 1.57 bits per heavy atom. The molecule has 28 heavy (non-hydrogen) atoms. The maximum absolute atomic E-state index is 13.1. The molecule has 5 nitrogen and oxygen atoms in total. The number of ketones is 1. The average Bonchev–Trinajstić information content (AvgIpc) is 3.09. The molecular weight excluding hydrogens is 421 g/mol. The Labute approximate surface area is 176 Å². The van der Waals surface area contributed by atoms with E-state index in [9.17, 15) is 4.79 Å². The lowest BCUT2D eigenvalue weighted by Crippen LogP contribution is -2.05. The number of anilines is 1. The van der Waals surface area contributed by atoms with Crippen molar-refractivity contribution in [2.24, 2.45) is 0 Å². The molecule has 8 heteroatoms. The molecule has 146 valence electrons. The molecule has 1 heterocycles. The van der Waals surface area contributed by atoms with E-state index in [2.05, 4.69) is 0 Å². The highest BCUT2D eigenvalue weighted by atomic mass is 35.5. The second kappa shape index (κ2) is 8.31. The summed E-state index contributed by atoms with van der Waals surface area (Å²) in [6, 6.07) is 10.2. The molecule has 0 saturated heterocycles. The van der Waals surface area contributed by atoms with Gasteiger partial charge in [0.1, 0.15) is 0 Å². The van der Waals surface area contributed by atoms with E-state index in [0.717, 1.165) is 10.4 Å². The van der Waals surface area contributed by atoms with Crippen LogP contribution in [0.3, 0.4) is 0 Å². The quantitative estimate of drug-likeness (QED) is 0.510. The maximum atomic E-state index is 13.1. The fourth-order valence-electron chi connectivity index (χ4n) is 2.74. The predicted molar refractivity (Wildman–Crippen MR) is 114 cm³/mol. The number of rotatable bonds is 6. The third-order valence-electron chi connectivity index (χ3n) is 4.14. The molecule has 3 rings (SSSR count). The zero-order chi connectivity index (χ0) is 20.4. The summed E-state index contributed by atoms with van der Waals surface area (Å²) in [6.07, 6.45) is 0. The van der Waals surface area contributed by atoms with Crippen molar-refractivity contribution in [2.45, 2.75) is 0 Å². The largest absolute Gasteiger partial charge is 0.493 e. The summed E-state index contributed by atoms with van der Waals surface area (Å²) in [6.45, 7) is 0. The van der Waals surface area contributed by atoms with Gasteiger partial charge in [0.05, 0.1) is 41.9 Å². The number of halogens is 2. The Kier molecular flexibility index (Phi) is 6.03. The fraction of sp³-hybridized carbons (Fsp3) is 0.150. The van der Waals surface area contributed by atoms with Crippen molar-refractivity contribution in [3.05, 3.63) is 57.6 Å². The summed E-state index contributed by atoms with van der Waals surface area (Å²) in [5, 5.41) is 1.30. The molecule has 0 unspecified atom stereocenters. The van der Waals surface area contributed by atoms with E-state index >= 15 is 0 Å². The summed E-state index contributed by atoms with van der Waals surface area (Å²) in [4.78, 5) is 13.9. The van der Waals surface area contributed by atoms with Crippen LogP contribution in [-0.2, 0) is 0 Å². The van der Waals surface area contributed by atoms with Crippen LogP contribution >= 0.6 is 34.5 Å². The van der Waals surface area contributed by atoms with Crippen molar-refractivity contribution in [1.29, 1.82) is 0 Å². The van der Waals surface area contributed by atoms with E-state index in [0.29, 0.717) is 43.4 Å². The molecule has 2 aromatic carbocycles. The second-order valence-corrected chi connectivity index (χ2v) is 7.66. The van der Waals surface area contributed by atoms with Gasteiger partial charge in [-0.25, -0.2) is 0 Å². The van der Waals surface area contributed by atoms with Gasteiger partial charge in [0.15, 0.2) is 17.3 Å². The second-order valence-electron chi connectivity index (χ2n) is 5.76. The topological polar surface area (TPSA) is 70.8 Å². The number of thiophene rings is 1. The number of nitrogens with two attached hydrogens (primary N) is 1. The Morgan fingerprint density at radius 3 is 2.11 bits per heavy atom. The van der Waals surface area contributed by atoms with Gasteiger partial charge >= 0.3 is 0 Å². The molecule has 3 aromatic rings. The zero-order valence-corrected chi connectivity index (χ0v) is 17.7. The van der Waals surface area contributed by atoms with Crippen LogP contribution in [-0.4, -0.2) is 27.1 Å². The van der Waals surface area contributed by atoms with Crippen LogP contribution in [0.1, 0.15) is 15.9 Å². The number of ether oxygens (including phenoxy) is 3. The average molecular weight is 438 g/mol. The number of hydrogen-bond donors (Lipinski definition) is 1. The summed E-state index contributed by atoms with van der Waals surface area (Å²) >= 11 is 13.4. The van der Waals surface area contributed by atoms with E-state index in [-0.39, 0.29) is 5.78 Å². The highest BCUT2D eigenvalue weighted by molar-refractivity contribution is 7.19. The minimum absolute atomic E-state index is 0.251. The van der Waals surface area contributed by atoms with E-state index in [1.807, 2.05) is 6.07 Å². The first-order valence-corrected chi connectivity index (χ1v) is 9.66. The number of benzene rings is 2.